The summed E-state index contributed by atoms with van der Waals surface area (Å²) in [6.45, 7) is 8.00. The molecule has 0 radical (unpaired) electrons. The van der Waals surface area contributed by atoms with Gasteiger partial charge >= 0.3 is 0 Å². The maximum Gasteiger partial charge on any atom is 0.226 e. The predicted octanol–water partition coefficient (Wildman–Crippen LogP) is 4.41. The van der Waals surface area contributed by atoms with Gasteiger partial charge in [0.05, 0.1) is 6.54 Å². The van der Waals surface area contributed by atoms with Crippen molar-refractivity contribution in [3.8, 4) is 0 Å². The van der Waals surface area contributed by atoms with Crippen molar-refractivity contribution in [1.82, 2.24) is 20.1 Å². The van der Waals surface area contributed by atoms with Gasteiger partial charge in [-0.25, -0.2) is 0 Å². The van der Waals surface area contributed by atoms with Gasteiger partial charge in [-0.1, -0.05) is 39.0 Å². The van der Waals surface area contributed by atoms with Crippen LogP contribution in [-0.4, -0.2) is 25.9 Å². The number of carbonyl (C=O) groups is 1. The van der Waals surface area contributed by atoms with E-state index in [1.807, 2.05) is 0 Å². The van der Waals surface area contributed by atoms with Gasteiger partial charge in [0.15, 0.2) is 11.0 Å². The zero-order valence-corrected chi connectivity index (χ0v) is 17.9. The molecule has 4 aliphatic rings. The number of hydrogen-bond acceptors (Lipinski definition) is 4. The summed E-state index contributed by atoms with van der Waals surface area (Å²) in [6, 6.07) is 0. The number of unbranched alkanes of at least 4 members (excludes halogenated alkanes) is 1. The summed E-state index contributed by atoms with van der Waals surface area (Å²) in [5.41, 5.74) is -0.0848. The normalized spacial score (nSPS) is 31.6. The topological polar surface area (TPSA) is 59.8 Å². The predicted molar refractivity (Wildman–Crippen MR) is 108 cm³/mol. The average molecular weight is 391 g/mol. The fourth-order valence-corrected chi connectivity index (χ4v) is 6.86. The molecule has 0 atom stereocenters. The van der Waals surface area contributed by atoms with Crippen LogP contribution in [0, 0.1) is 23.2 Å². The Morgan fingerprint density at radius 2 is 1.81 bits per heavy atom. The molecule has 1 amide bonds. The number of aromatic nitrogens is 3. The van der Waals surface area contributed by atoms with Crippen LogP contribution in [0.25, 0.3) is 0 Å². The lowest BCUT2D eigenvalue weighted by Gasteiger charge is -2.55. The van der Waals surface area contributed by atoms with Crippen molar-refractivity contribution in [2.45, 2.75) is 95.6 Å². The molecule has 1 N–H and O–H groups in total. The molecule has 1 aromatic rings. The Morgan fingerprint density at radius 1 is 1.19 bits per heavy atom. The van der Waals surface area contributed by atoms with Crippen LogP contribution in [0.15, 0.2) is 5.16 Å². The van der Waals surface area contributed by atoms with Gasteiger partial charge in [0.2, 0.25) is 5.91 Å². The Hall–Kier alpha value is -1.04. The summed E-state index contributed by atoms with van der Waals surface area (Å²) in [5, 5.41) is 13.5. The van der Waals surface area contributed by atoms with Gasteiger partial charge in [-0.2, -0.15) is 0 Å². The molecule has 0 saturated heterocycles. The highest BCUT2D eigenvalue weighted by Gasteiger charge is 2.54. The fraction of sp³-hybridized carbons (Fsp3) is 0.857. The smallest absolute Gasteiger partial charge is 0.226 e. The van der Waals surface area contributed by atoms with E-state index >= 15 is 0 Å². The summed E-state index contributed by atoms with van der Waals surface area (Å²) in [6.07, 6.45) is 9.70. The highest BCUT2D eigenvalue weighted by Crippen LogP contribution is 2.60. The Kier molecular flexibility index (Phi) is 5.55. The van der Waals surface area contributed by atoms with Crippen LogP contribution < -0.4 is 5.32 Å². The largest absolute Gasteiger partial charge is 0.348 e. The maximum atomic E-state index is 13.2. The molecule has 4 bridgehead atoms. The lowest BCUT2D eigenvalue weighted by atomic mass is 9.49. The van der Waals surface area contributed by atoms with Crippen LogP contribution in [-0.2, 0) is 17.9 Å². The van der Waals surface area contributed by atoms with E-state index in [4.69, 9.17) is 0 Å². The van der Waals surface area contributed by atoms with Crippen molar-refractivity contribution < 1.29 is 4.79 Å². The summed E-state index contributed by atoms with van der Waals surface area (Å²) in [5.74, 6) is 3.58. The Balaban J connectivity index is 1.44. The molecular weight excluding hydrogens is 356 g/mol. The second-order valence-corrected chi connectivity index (χ2v) is 11.0. The first-order chi connectivity index (χ1) is 13.0. The molecular formula is C21H34N4OS. The molecule has 0 aliphatic heterocycles. The molecule has 27 heavy (non-hydrogen) atoms. The Labute approximate surface area is 167 Å². The first-order valence-corrected chi connectivity index (χ1v) is 11.7. The fourth-order valence-electron chi connectivity index (χ4n) is 6.02. The standard InChI is InChI=1S/C21H34N4OS/c1-4-5-6-25-18(23-24-20(25)27-14(2)3)13-22-19(26)21-10-15-7-16(11-21)9-17(8-15)12-21/h14-17H,4-13H2,1-3H3,(H,22,26). The molecule has 0 spiro atoms. The highest BCUT2D eigenvalue weighted by molar-refractivity contribution is 7.99. The molecule has 150 valence electrons. The summed E-state index contributed by atoms with van der Waals surface area (Å²) in [7, 11) is 0. The summed E-state index contributed by atoms with van der Waals surface area (Å²) < 4.78 is 2.22. The van der Waals surface area contributed by atoms with Crippen molar-refractivity contribution in [1.29, 1.82) is 0 Å². The SMILES string of the molecule is CCCCn1c(CNC(=O)C23CC4CC(CC(C4)C2)C3)nnc1SC(C)C. The minimum atomic E-state index is -0.0848. The molecule has 4 fully saturated rings. The van der Waals surface area contributed by atoms with Crippen LogP contribution in [0.3, 0.4) is 0 Å². The van der Waals surface area contributed by atoms with Gasteiger partial charge in [-0.3, -0.25) is 4.79 Å². The average Bonchev–Trinajstić information content (AvgIpc) is 2.97. The van der Waals surface area contributed by atoms with Gasteiger partial charge in [0.25, 0.3) is 0 Å². The third-order valence-electron chi connectivity index (χ3n) is 6.80. The lowest BCUT2D eigenvalue weighted by Crippen LogP contribution is -2.53. The lowest BCUT2D eigenvalue weighted by molar-refractivity contribution is -0.146. The zero-order valence-electron chi connectivity index (χ0n) is 17.0. The van der Waals surface area contributed by atoms with E-state index in [-0.39, 0.29) is 11.3 Å². The van der Waals surface area contributed by atoms with E-state index < -0.39 is 0 Å². The quantitative estimate of drug-likeness (QED) is 0.668. The number of hydrogen-bond donors (Lipinski definition) is 1. The number of carbonyl (C=O) groups excluding carboxylic acids is 1. The second-order valence-electron chi connectivity index (χ2n) is 9.45. The number of rotatable bonds is 8. The van der Waals surface area contributed by atoms with E-state index in [1.165, 1.54) is 19.3 Å². The first kappa shape index (κ1) is 19.3. The van der Waals surface area contributed by atoms with Crippen LogP contribution in [0.1, 0.15) is 78.0 Å². The third-order valence-corrected chi connectivity index (χ3v) is 7.78. The molecule has 0 aromatic carbocycles. The second kappa shape index (κ2) is 7.76. The first-order valence-electron chi connectivity index (χ1n) is 10.9. The molecule has 6 heteroatoms. The van der Waals surface area contributed by atoms with E-state index in [0.717, 1.165) is 67.4 Å². The van der Waals surface area contributed by atoms with Crippen LogP contribution >= 0.6 is 11.8 Å². The van der Waals surface area contributed by atoms with Gasteiger partial charge in [-0.05, 0) is 62.7 Å². The van der Waals surface area contributed by atoms with Crippen LogP contribution in [0.4, 0.5) is 0 Å². The monoisotopic (exact) mass is 390 g/mol. The number of amides is 1. The van der Waals surface area contributed by atoms with E-state index in [9.17, 15) is 4.79 Å². The van der Waals surface area contributed by atoms with E-state index in [2.05, 4.69) is 40.9 Å². The summed E-state index contributed by atoms with van der Waals surface area (Å²) >= 11 is 1.75. The number of nitrogens with one attached hydrogen (secondary N) is 1. The summed E-state index contributed by atoms with van der Waals surface area (Å²) in [4.78, 5) is 13.2. The highest BCUT2D eigenvalue weighted by atomic mass is 32.2. The Morgan fingerprint density at radius 3 is 2.37 bits per heavy atom. The number of nitrogens with zero attached hydrogens (tertiary/aromatic N) is 3. The molecule has 5 nitrogen and oxygen atoms in total. The van der Waals surface area contributed by atoms with Crippen LogP contribution in [0.5, 0.6) is 0 Å². The van der Waals surface area contributed by atoms with Crippen molar-refractivity contribution in [3.63, 3.8) is 0 Å². The van der Waals surface area contributed by atoms with Crippen molar-refractivity contribution in [2.24, 2.45) is 23.2 Å². The third kappa shape index (κ3) is 3.92. The molecule has 0 unspecified atom stereocenters. The zero-order chi connectivity index (χ0) is 19.0. The molecule has 1 heterocycles. The maximum absolute atomic E-state index is 13.2. The van der Waals surface area contributed by atoms with Crippen molar-refractivity contribution in [3.05, 3.63) is 5.82 Å². The van der Waals surface area contributed by atoms with Crippen molar-refractivity contribution >= 4 is 17.7 Å². The molecule has 1 aromatic heterocycles. The molecule has 5 rings (SSSR count). The van der Waals surface area contributed by atoms with Gasteiger partial charge in [0.1, 0.15) is 0 Å². The minimum Gasteiger partial charge on any atom is -0.348 e. The van der Waals surface area contributed by atoms with Gasteiger partial charge < -0.3 is 9.88 Å². The van der Waals surface area contributed by atoms with E-state index in [0.29, 0.717) is 11.8 Å². The Bertz CT molecular complexity index is 648. The van der Waals surface area contributed by atoms with Gasteiger partial charge in [0, 0.05) is 17.2 Å². The van der Waals surface area contributed by atoms with Crippen LogP contribution in [0.2, 0.25) is 0 Å². The molecule has 4 aliphatic carbocycles. The van der Waals surface area contributed by atoms with E-state index in [1.54, 1.807) is 11.8 Å². The molecule has 4 saturated carbocycles. The number of thioether (sulfide) groups is 1. The minimum absolute atomic E-state index is 0.0848. The van der Waals surface area contributed by atoms with Gasteiger partial charge in [-0.15, -0.1) is 10.2 Å². The van der Waals surface area contributed by atoms with Crippen molar-refractivity contribution in [2.75, 3.05) is 0 Å².